The summed E-state index contributed by atoms with van der Waals surface area (Å²) in [6.07, 6.45) is 5.22. The Hall–Kier alpha value is -1.78. The highest BCUT2D eigenvalue weighted by Gasteiger charge is 2.18. The summed E-state index contributed by atoms with van der Waals surface area (Å²) in [6, 6.07) is 3.12. The quantitative estimate of drug-likeness (QED) is 0.804. The number of hydrogen-bond acceptors (Lipinski definition) is 2. The molecule has 5 heteroatoms. The molecule has 0 aliphatic heterocycles. The van der Waals surface area contributed by atoms with Crippen LogP contribution in [0.5, 0.6) is 0 Å². The molecular weight excluding hydrogens is 220 g/mol. The highest BCUT2D eigenvalue weighted by atomic mass is 16.4. The zero-order chi connectivity index (χ0) is 12.3. The van der Waals surface area contributed by atoms with Crippen molar-refractivity contribution in [3.05, 3.63) is 24.0 Å². The van der Waals surface area contributed by atoms with Crippen LogP contribution in [-0.4, -0.2) is 28.1 Å². The van der Waals surface area contributed by atoms with E-state index in [1.165, 1.54) is 29.9 Å². The summed E-state index contributed by atoms with van der Waals surface area (Å²) in [5, 5.41) is 11.7. The van der Waals surface area contributed by atoms with Crippen LogP contribution >= 0.6 is 0 Å². The second kappa shape index (κ2) is 5.03. The molecule has 0 bridgehead atoms. The first kappa shape index (κ1) is 11.7. The maximum Gasteiger partial charge on any atom is 0.352 e. The zero-order valence-corrected chi connectivity index (χ0v) is 9.56. The Balaban J connectivity index is 1.84. The highest BCUT2D eigenvalue weighted by Crippen LogP contribution is 2.25. The number of rotatable bonds is 5. The van der Waals surface area contributed by atoms with Crippen LogP contribution in [0.4, 0.5) is 0 Å². The molecule has 1 fully saturated rings. The van der Waals surface area contributed by atoms with Gasteiger partial charge in [-0.15, -0.1) is 0 Å². The topological polar surface area (TPSA) is 71.3 Å². The molecular formula is C12H16N2O3. The summed E-state index contributed by atoms with van der Waals surface area (Å²) in [6.45, 7) is 0.782. The van der Waals surface area contributed by atoms with Gasteiger partial charge >= 0.3 is 5.97 Å². The van der Waals surface area contributed by atoms with Crippen LogP contribution in [0, 0.1) is 5.92 Å². The Bertz CT molecular complexity index is 421. The van der Waals surface area contributed by atoms with Gasteiger partial charge in [-0.25, -0.2) is 4.79 Å². The minimum Gasteiger partial charge on any atom is -0.477 e. The number of amides is 1. The SMILES string of the molecule is O=C(Cn1cccc1C(=O)O)NCC1CCC1. The molecule has 0 radical (unpaired) electrons. The zero-order valence-electron chi connectivity index (χ0n) is 9.56. The van der Waals surface area contributed by atoms with E-state index in [9.17, 15) is 9.59 Å². The van der Waals surface area contributed by atoms with Crippen molar-refractivity contribution < 1.29 is 14.7 Å². The number of carbonyl (C=O) groups is 2. The molecule has 92 valence electrons. The average Bonchev–Trinajstić information content (AvgIpc) is 2.63. The molecule has 0 saturated heterocycles. The molecule has 5 nitrogen and oxygen atoms in total. The summed E-state index contributed by atoms with van der Waals surface area (Å²) in [4.78, 5) is 22.4. The van der Waals surface area contributed by atoms with Crippen LogP contribution in [0.2, 0.25) is 0 Å². The molecule has 1 aliphatic rings. The standard InChI is InChI=1S/C12H16N2O3/c15-11(13-7-9-3-1-4-9)8-14-6-2-5-10(14)12(16)17/h2,5-6,9H,1,3-4,7-8H2,(H,13,15)(H,16,17). The molecule has 0 spiro atoms. The van der Waals surface area contributed by atoms with Crippen LogP contribution in [-0.2, 0) is 11.3 Å². The Morgan fingerprint density at radius 3 is 2.82 bits per heavy atom. The van der Waals surface area contributed by atoms with Crippen molar-refractivity contribution in [3.63, 3.8) is 0 Å². The van der Waals surface area contributed by atoms with Crippen molar-refractivity contribution in [3.8, 4) is 0 Å². The van der Waals surface area contributed by atoms with E-state index in [0.29, 0.717) is 12.5 Å². The maximum atomic E-state index is 11.6. The molecule has 2 N–H and O–H groups in total. The fourth-order valence-corrected chi connectivity index (χ4v) is 1.91. The van der Waals surface area contributed by atoms with Gasteiger partial charge < -0.3 is 15.0 Å². The van der Waals surface area contributed by atoms with E-state index in [-0.39, 0.29) is 18.1 Å². The lowest BCUT2D eigenvalue weighted by Crippen LogP contribution is -2.34. The van der Waals surface area contributed by atoms with Crippen LogP contribution in [0.1, 0.15) is 29.8 Å². The lowest BCUT2D eigenvalue weighted by molar-refractivity contribution is -0.122. The lowest BCUT2D eigenvalue weighted by Gasteiger charge is -2.25. The molecule has 17 heavy (non-hydrogen) atoms. The second-order valence-electron chi connectivity index (χ2n) is 4.43. The van der Waals surface area contributed by atoms with Gasteiger partial charge in [0.25, 0.3) is 0 Å². The molecule has 1 heterocycles. The van der Waals surface area contributed by atoms with Crippen LogP contribution in [0.3, 0.4) is 0 Å². The fourth-order valence-electron chi connectivity index (χ4n) is 1.91. The minimum absolute atomic E-state index is 0.0708. The Morgan fingerprint density at radius 2 is 2.24 bits per heavy atom. The summed E-state index contributed by atoms with van der Waals surface area (Å²) in [7, 11) is 0. The number of hydrogen-bond donors (Lipinski definition) is 2. The number of carboxylic acid groups (broad SMARTS) is 1. The van der Waals surface area contributed by atoms with Crippen molar-refractivity contribution in [2.75, 3.05) is 6.54 Å². The van der Waals surface area contributed by atoms with E-state index < -0.39 is 5.97 Å². The Labute approximate surface area is 99.4 Å². The van der Waals surface area contributed by atoms with Gasteiger partial charge in [0, 0.05) is 12.7 Å². The average molecular weight is 236 g/mol. The maximum absolute atomic E-state index is 11.6. The number of nitrogens with zero attached hydrogens (tertiary/aromatic N) is 1. The van der Waals surface area contributed by atoms with Crippen LogP contribution in [0.15, 0.2) is 18.3 Å². The number of carboxylic acids is 1. The van der Waals surface area contributed by atoms with Gasteiger partial charge in [0.2, 0.25) is 5.91 Å². The molecule has 1 aliphatic carbocycles. The number of aromatic carboxylic acids is 1. The lowest BCUT2D eigenvalue weighted by atomic mass is 9.85. The summed E-state index contributed by atoms with van der Waals surface area (Å²) in [5.74, 6) is -0.528. The van der Waals surface area contributed by atoms with Gasteiger partial charge in [-0.1, -0.05) is 6.42 Å². The third kappa shape index (κ3) is 2.87. The first-order valence-electron chi connectivity index (χ1n) is 5.82. The fraction of sp³-hybridized carbons (Fsp3) is 0.500. The molecule has 1 aromatic heterocycles. The molecule has 0 atom stereocenters. The molecule has 0 unspecified atom stereocenters. The molecule has 1 aromatic rings. The minimum atomic E-state index is -1.01. The van der Waals surface area contributed by atoms with Gasteiger partial charge in [0.05, 0.1) is 0 Å². The van der Waals surface area contributed by atoms with Crippen LogP contribution < -0.4 is 5.32 Å². The van der Waals surface area contributed by atoms with Gasteiger partial charge in [-0.05, 0) is 30.9 Å². The first-order valence-corrected chi connectivity index (χ1v) is 5.82. The highest BCUT2D eigenvalue weighted by molar-refractivity contribution is 5.86. The molecule has 1 amide bonds. The summed E-state index contributed by atoms with van der Waals surface area (Å²) < 4.78 is 1.44. The van der Waals surface area contributed by atoms with E-state index in [1.807, 2.05) is 0 Å². The van der Waals surface area contributed by atoms with Gasteiger partial charge in [-0.3, -0.25) is 4.79 Å². The normalized spacial score (nSPS) is 15.3. The number of carbonyl (C=O) groups excluding carboxylic acids is 1. The predicted octanol–water partition coefficient (Wildman–Crippen LogP) is 1.10. The van der Waals surface area contributed by atoms with Crippen molar-refractivity contribution in [2.45, 2.75) is 25.8 Å². The first-order chi connectivity index (χ1) is 8.16. The van der Waals surface area contributed by atoms with Gasteiger partial charge in [-0.2, -0.15) is 0 Å². The van der Waals surface area contributed by atoms with Gasteiger partial charge in [0.1, 0.15) is 12.2 Å². The van der Waals surface area contributed by atoms with E-state index in [4.69, 9.17) is 5.11 Å². The van der Waals surface area contributed by atoms with Crippen molar-refractivity contribution >= 4 is 11.9 Å². The number of nitrogens with one attached hydrogen (secondary N) is 1. The molecule has 0 aromatic carbocycles. The van der Waals surface area contributed by atoms with E-state index in [1.54, 1.807) is 12.3 Å². The van der Waals surface area contributed by atoms with E-state index in [2.05, 4.69) is 5.32 Å². The monoisotopic (exact) mass is 236 g/mol. The second-order valence-corrected chi connectivity index (χ2v) is 4.43. The van der Waals surface area contributed by atoms with Crippen molar-refractivity contribution in [1.29, 1.82) is 0 Å². The van der Waals surface area contributed by atoms with E-state index >= 15 is 0 Å². The van der Waals surface area contributed by atoms with Crippen molar-refractivity contribution in [2.24, 2.45) is 5.92 Å². The molecule has 1 saturated carbocycles. The Morgan fingerprint density at radius 1 is 1.47 bits per heavy atom. The van der Waals surface area contributed by atoms with Crippen molar-refractivity contribution in [1.82, 2.24) is 9.88 Å². The smallest absolute Gasteiger partial charge is 0.352 e. The third-order valence-corrected chi connectivity index (χ3v) is 3.18. The third-order valence-electron chi connectivity index (χ3n) is 3.18. The predicted molar refractivity (Wildman–Crippen MR) is 61.7 cm³/mol. The Kier molecular flexibility index (Phi) is 3.46. The van der Waals surface area contributed by atoms with Crippen LogP contribution in [0.25, 0.3) is 0 Å². The van der Waals surface area contributed by atoms with E-state index in [0.717, 1.165) is 0 Å². The van der Waals surface area contributed by atoms with Gasteiger partial charge in [0.15, 0.2) is 0 Å². The number of aromatic nitrogens is 1. The largest absolute Gasteiger partial charge is 0.477 e. The summed E-state index contributed by atoms with van der Waals surface area (Å²) >= 11 is 0. The molecule has 2 rings (SSSR count). The summed E-state index contributed by atoms with van der Waals surface area (Å²) in [5.41, 5.74) is 0.142.